The van der Waals surface area contributed by atoms with E-state index in [4.69, 9.17) is 0 Å². The Bertz CT molecular complexity index is 1080. The zero-order valence-electron chi connectivity index (χ0n) is 14.6. The zero-order chi connectivity index (χ0) is 19.4. The fourth-order valence-electron chi connectivity index (χ4n) is 2.78. The van der Waals surface area contributed by atoms with E-state index in [0.717, 1.165) is 11.5 Å². The fraction of sp³-hybridized carbons (Fsp3) is 0.130. The highest BCUT2D eigenvalue weighted by Crippen LogP contribution is 2.22. The lowest BCUT2D eigenvalue weighted by atomic mass is 10.0. The second kappa shape index (κ2) is 8.09. The van der Waals surface area contributed by atoms with Crippen LogP contribution in [0, 0.1) is 35.1 Å². The van der Waals surface area contributed by atoms with Gasteiger partial charge in [-0.05, 0) is 60.9 Å². The maximum atomic E-state index is 14.2. The summed E-state index contributed by atoms with van der Waals surface area (Å²) >= 11 is 0. The van der Waals surface area contributed by atoms with Crippen molar-refractivity contribution in [1.82, 2.24) is 0 Å². The third kappa shape index (κ3) is 4.20. The van der Waals surface area contributed by atoms with E-state index in [1.54, 1.807) is 43.3 Å². The number of hydrogen-bond donors (Lipinski definition) is 0. The largest absolute Gasteiger partial charge is 0.207 e. The predicted molar refractivity (Wildman–Crippen MR) is 99.3 cm³/mol. The highest BCUT2D eigenvalue weighted by molar-refractivity contribution is 5.83. The van der Waals surface area contributed by atoms with Gasteiger partial charge in [0.05, 0.1) is 5.56 Å². The summed E-state index contributed by atoms with van der Waals surface area (Å²) in [5.74, 6) is 1.70. The van der Waals surface area contributed by atoms with Gasteiger partial charge in [-0.3, -0.25) is 0 Å². The smallest absolute Gasteiger partial charge is 0.174 e. The number of fused-ring (bicyclic) bond motifs is 1. The Kier molecular flexibility index (Phi) is 5.61. The molecule has 0 aliphatic heterocycles. The molecule has 136 valence electrons. The van der Waals surface area contributed by atoms with Gasteiger partial charge in [-0.25, -0.2) is 17.6 Å². The minimum Gasteiger partial charge on any atom is -0.207 e. The van der Waals surface area contributed by atoms with Crippen LogP contribution in [-0.4, -0.2) is 0 Å². The molecule has 0 aliphatic rings. The van der Waals surface area contributed by atoms with Gasteiger partial charge in [-0.2, -0.15) is 0 Å². The molecule has 0 saturated carbocycles. The first-order valence-electron chi connectivity index (χ1n) is 8.48. The molecular formula is C23H16F4. The van der Waals surface area contributed by atoms with Crippen molar-refractivity contribution in [3.8, 4) is 11.8 Å². The van der Waals surface area contributed by atoms with Crippen molar-refractivity contribution in [2.24, 2.45) is 0 Å². The molecule has 27 heavy (non-hydrogen) atoms. The molecule has 0 heterocycles. The lowest BCUT2D eigenvalue weighted by Crippen LogP contribution is -2.02. The van der Waals surface area contributed by atoms with Crippen LogP contribution in [0.1, 0.15) is 30.0 Å². The van der Waals surface area contributed by atoms with Crippen molar-refractivity contribution in [1.29, 1.82) is 0 Å². The normalized spacial score (nSPS) is 11.0. The van der Waals surface area contributed by atoms with Crippen molar-refractivity contribution in [2.75, 3.05) is 0 Å². The summed E-state index contributed by atoms with van der Waals surface area (Å²) in [5.41, 5.74) is -0.0747. The monoisotopic (exact) mass is 368 g/mol. The topological polar surface area (TPSA) is 0 Å². The van der Waals surface area contributed by atoms with Gasteiger partial charge in [-0.15, -0.1) is 0 Å². The molecule has 0 amide bonds. The van der Waals surface area contributed by atoms with Crippen LogP contribution >= 0.6 is 0 Å². The van der Waals surface area contributed by atoms with E-state index in [-0.39, 0.29) is 23.4 Å². The van der Waals surface area contributed by atoms with E-state index in [1.165, 1.54) is 12.1 Å². The molecule has 0 saturated heterocycles. The van der Waals surface area contributed by atoms with Gasteiger partial charge in [0, 0.05) is 11.1 Å². The van der Waals surface area contributed by atoms with Crippen molar-refractivity contribution in [3.63, 3.8) is 0 Å². The van der Waals surface area contributed by atoms with E-state index in [0.29, 0.717) is 17.4 Å². The van der Waals surface area contributed by atoms with Gasteiger partial charge in [0.1, 0.15) is 11.6 Å². The molecule has 0 N–H and O–H groups in total. The average Bonchev–Trinajstić information content (AvgIpc) is 2.66. The number of rotatable bonds is 3. The molecule has 0 aliphatic carbocycles. The fourth-order valence-corrected chi connectivity index (χ4v) is 2.78. The molecule has 0 aromatic heterocycles. The standard InChI is InChI=1S/C23H16F4/c1-2-3-4-5-20-21(25)14-18(22(26)23(20)27)9-7-15-6-8-17-13-19(24)11-10-16(17)12-15/h2-3,6,8,10-14H,4-5H2,1H3/b3-2+. The van der Waals surface area contributed by atoms with Crippen LogP contribution in [-0.2, 0) is 6.42 Å². The van der Waals surface area contributed by atoms with Gasteiger partial charge < -0.3 is 0 Å². The first kappa shape index (κ1) is 18.7. The van der Waals surface area contributed by atoms with Crippen molar-refractivity contribution < 1.29 is 17.6 Å². The summed E-state index contributed by atoms with van der Waals surface area (Å²) in [5, 5.41) is 1.47. The maximum Gasteiger partial charge on any atom is 0.174 e. The second-order valence-electron chi connectivity index (χ2n) is 6.08. The Hall–Kier alpha value is -3.06. The molecule has 4 heteroatoms. The number of allylic oxidation sites excluding steroid dienone is 2. The Labute approximate surface area is 155 Å². The molecule has 0 radical (unpaired) electrons. The quantitative estimate of drug-likeness (QED) is 0.220. The third-order valence-corrected chi connectivity index (χ3v) is 4.19. The molecule has 3 aromatic rings. The number of halogens is 4. The Balaban J connectivity index is 1.93. The van der Waals surface area contributed by atoms with E-state index in [9.17, 15) is 17.6 Å². The highest BCUT2D eigenvalue weighted by Gasteiger charge is 2.17. The number of benzene rings is 3. The molecule has 0 bridgehead atoms. The summed E-state index contributed by atoms with van der Waals surface area (Å²) in [7, 11) is 0. The predicted octanol–water partition coefficient (Wildman–Crippen LogP) is 6.30. The van der Waals surface area contributed by atoms with E-state index in [2.05, 4.69) is 11.8 Å². The Morgan fingerprint density at radius 2 is 1.59 bits per heavy atom. The molecule has 0 fully saturated rings. The van der Waals surface area contributed by atoms with Crippen LogP contribution in [0.5, 0.6) is 0 Å². The molecule has 0 spiro atoms. The SMILES string of the molecule is C/C=C/CCc1c(F)cc(C#Cc2ccc3cc(F)ccc3c2)c(F)c1F. The molecule has 0 nitrogen and oxygen atoms in total. The molecule has 3 rings (SSSR count). The Morgan fingerprint density at radius 1 is 0.852 bits per heavy atom. The minimum absolute atomic E-state index is 0.0773. The van der Waals surface area contributed by atoms with Gasteiger partial charge in [0.25, 0.3) is 0 Å². The highest BCUT2D eigenvalue weighted by atomic mass is 19.2. The lowest BCUT2D eigenvalue weighted by molar-refractivity contribution is 0.477. The summed E-state index contributed by atoms with van der Waals surface area (Å²) in [4.78, 5) is 0. The summed E-state index contributed by atoms with van der Waals surface area (Å²) in [6.07, 6.45) is 4.03. The van der Waals surface area contributed by atoms with E-state index >= 15 is 0 Å². The first-order chi connectivity index (χ1) is 13.0. The molecular weight excluding hydrogens is 352 g/mol. The molecule has 0 atom stereocenters. The first-order valence-corrected chi connectivity index (χ1v) is 8.48. The van der Waals surface area contributed by atoms with Gasteiger partial charge >= 0.3 is 0 Å². The van der Waals surface area contributed by atoms with Crippen LogP contribution in [0.15, 0.2) is 54.6 Å². The van der Waals surface area contributed by atoms with Crippen molar-refractivity contribution >= 4 is 10.8 Å². The van der Waals surface area contributed by atoms with Crippen molar-refractivity contribution in [3.05, 3.63) is 94.6 Å². The molecule has 3 aromatic carbocycles. The van der Waals surface area contributed by atoms with Crippen LogP contribution in [0.3, 0.4) is 0 Å². The van der Waals surface area contributed by atoms with Crippen LogP contribution in [0.25, 0.3) is 10.8 Å². The van der Waals surface area contributed by atoms with Crippen LogP contribution in [0.4, 0.5) is 17.6 Å². The second-order valence-corrected chi connectivity index (χ2v) is 6.08. The minimum atomic E-state index is -1.20. The van der Waals surface area contributed by atoms with Crippen LogP contribution in [0.2, 0.25) is 0 Å². The van der Waals surface area contributed by atoms with Crippen molar-refractivity contribution in [2.45, 2.75) is 19.8 Å². The van der Waals surface area contributed by atoms with Gasteiger partial charge in [0.2, 0.25) is 0 Å². The van der Waals surface area contributed by atoms with Gasteiger partial charge in [0.15, 0.2) is 11.6 Å². The summed E-state index contributed by atoms with van der Waals surface area (Å²) in [6.45, 7) is 1.80. The average molecular weight is 368 g/mol. The van der Waals surface area contributed by atoms with Crippen LogP contribution < -0.4 is 0 Å². The lowest BCUT2D eigenvalue weighted by Gasteiger charge is -2.06. The zero-order valence-corrected chi connectivity index (χ0v) is 14.6. The van der Waals surface area contributed by atoms with E-state index < -0.39 is 17.5 Å². The maximum absolute atomic E-state index is 14.2. The summed E-state index contributed by atoms with van der Waals surface area (Å²) in [6, 6.07) is 10.3. The van der Waals surface area contributed by atoms with Gasteiger partial charge in [-0.1, -0.05) is 36.1 Å². The van der Waals surface area contributed by atoms with E-state index in [1.807, 2.05) is 0 Å². The Morgan fingerprint density at radius 3 is 2.37 bits per heavy atom. The molecule has 0 unspecified atom stereocenters. The summed E-state index contributed by atoms with van der Waals surface area (Å²) < 4.78 is 55.8. The third-order valence-electron chi connectivity index (χ3n) is 4.19. The number of hydrogen-bond acceptors (Lipinski definition) is 0.